The highest BCUT2D eigenvalue weighted by Crippen LogP contribution is 2.18. The lowest BCUT2D eigenvalue weighted by Crippen LogP contribution is -2.42. The molecule has 0 aliphatic carbocycles. The molecule has 0 aromatic heterocycles. The number of rotatable bonds is 5. The number of nitrogens with zero attached hydrogens (tertiary/aromatic N) is 1. The summed E-state index contributed by atoms with van der Waals surface area (Å²) in [6, 6.07) is 4.54. The third-order valence-corrected chi connectivity index (χ3v) is 3.14. The highest BCUT2D eigenvalue weighted by atomic mass is 19.1. The molecule has 0 bridgehead atoms. The molecular formula is C16H23FN2O3. The van der Waals surface area contributed by atoms with E-state index in [2.05, 4.69) is 5.32 Å². The number of hydrogen-bond acceptors (Lipinski definition) is 3. The molecule has 1 N–H and O–H groups in total. The molecule has 0 aliphatic rings. The molecule has 1 aromatic rings. The van der Waals surface area contributed by atoms with Gasteiger partial charge in [-0.05, 0) is 17.7 Å². The predicted molar refractivity (Wildman–Crippen MR) is 81.9 cm³/mol. The molecule has 0 fully saturated rings. The fraction of sp³-hybridized carbons (Fsp3) is 0.500. The summed E-state index contributed by atoms with van der Waals surface area (Å²) in [5.74, 6) is -0.740. The molecule has 0 unspecified atom stereocenters. The molecule has 1 rings (SSSR count). The number of methoxy groups -OCH3 is 1. The molecule has 0 spiro atoms. The second-order valence-corrected chi connectivity index (χ2v) is 6.15. The van der Waals surface area contributed by atoms with Crippen molar-refractivity contribution in [3.63, 3.8) is 0 Å². The zero-order valence-electron chi connectivity index (χ0n) is 13.7. The van der Waals surface area contributed by atoms with E-state index in [9.17, 15) is 14.0 Å². The Morgan fingerprint density at radius 3 is 2.45 bits per heavy atom. The van der Waals surface area contributed by atoms with Crippen LogP contribution in [0.2, 0.25) is 0 Å². The second kappa shape index (κ2) is 7.24. The molecule has 6 heteroatoms. The van der Waals surface area contributed by atoms with Gasteiger partial charge in [-0.25, -0.2) is 4.39 Å². The number of halogens is 1. The van der Waals surface area contributed by atoms with Gasteiger partial charge in [0.1, 0.15) is 0 Å². The third kappa shape index (κ3) is 5.02. The van der Waals surface area contributed by atoms with Crippen molar-refractivity contribution < 1.29 is 18.7 Å². The van der Waals surface area contributed by atoms with Gasteiger partial charge in [-0.1, -0.05) is 26.8 Å². The SMILES string of the molecule is COc1ccc(CN(C)C(=O)CNC(=O)C(C)(C)C)cc1F. The molecule has 22 heavy (non-hydrogen) atoms. The van der Waals surface area contributed by atoms with Crippen LogP contribution in [0.4, 0.5) is 4.39 Å². The van der Waals surface area contributed by atoms with Gasteiger partial charge in [0.25, 0.3) is 0 Å². The maximum atomic E-state index is 13.6. The number of nitrogens with one attached hydrogen (secondary N) is 1. The van der Waals surface area contributed by atoms with E-state index >= 15 is 0 Å². The average Bonchev–Trinajstić information content (AvgIpc) is 2.43. The van der Waals surface area contributed by atoms with Crippen molar-refractivity contribution in [2.24, 2.45) is 5.41 Å². The first kappa shape index (κ1) is 17.9. The average molecular weight is 310 g/mol. The minimum atomic E-state index is -0.544. The molecule has 0 saturated carbocycles. The normalized spacial score (nSPS) is 11.0. The lowest BCUT2D eigenvalue weighted by Gasteiger charge is -2.21. The molecule has 1 aromatic carbocycles. The van der Waals surface area contributed by atoms with Crippen molar-refractivity contribution in [1.82, 2.24) is 10.2 Å². The highest BCUT2D eigenvalue weighted by molar-refractivity contribution is 5.87. The molecule has 0 radical (unpaired) electrons. The van der Waals surface area contributed by atoms with Gasteiger partial charge < -0.3 is 15.0 Å². The van der Waals surface area contributed by atoms with Crippen molar-refractivity contribution in [1.29, 1.82) is 0 Å². The molecule has 0 atom stereocenters. The Bertz CT molecular complexity index is 553. The second-order valence-electron chi connectivity index (χ2n) is 6.15. The predicted octanol–water partition coefficient (Wildman–Crippen LogP) is 1.95. The van der Waals surface area contributed by atoms with E-state index in [0.717, 1.165) is 0 Å². The van der Waals surface area contributed by atoms with Crippen LogP contribution in [0, 0.1) is 11.2 Å². The fourth-order valence-corrected chi connectivity index (χ4v) is 1.73. The molecule has 5 nitrogen and oxygen atoms in total. The zero-order chi connectivity index (χ0) is 16.9. The largest absolute Gasteiger partial charge is 0.494 e. The first-order valence-corrected chi connectivity index (χ1v) is 7.00. The Labute approximate surface area is 130 Å². The van der Waals surface area contributed by atoms with E-state index in [1.807, 2.05) is 0 Å². The van der Waals surface area contributed by atoms with Crippen molar-refractivity contribution in [2.75, 3.05) is 20.7 Å². The molecule has 2 amide bonds. The van der Waals surface area contributed by atoms with Gasteiger partial charge in [0, 0.05) is 19.0 Å². The van der Waals surface area contributed by atoms with Gasteiger partial charge in [0.15, 0.2) is 11.6 Å². The molecule has 0 heterocycles. The standard InChI is InChI=1S/C16H23FN2O3/c1-16(2,3)15(21)18-9-14(20)19(4)10-11-6-7-13(22-5)12(17)8-11/h6-8H,9-10H2,1-5H3,(H,18,21). The minimum Gasteiger partial charge on any atom is -0.494 e. The van der Waals surface area contributed by atoms with Crippen LogP contribution in [0.25, 0.3) is 0 Å². The topological polar surface area (TPSA) is 58.6 Å². The molecular weight excluding hydrogens is 287 g/mol. The lowest BCUT2D eigenvalue weighted by atomic mass is 9.96. The Balaban J connectivity index is 2.57. The van der Waals surface area contributed by atoms with Crippen molar-refractivity contribution in [3.8, 4) is 5.75 Å². The van der Waals surface area contributed by atoms with Gasteiger partial charge in [-0.3, -0.25) is 9.59 Å². The number of benzene rings is 1. The van der Waals surface area contributed by atoms with Crippen molar-refractivity contribution in [3.05, 3.63) is 29.6 Å². The van der Waals surface area contributed by atoms with E-state index < -0.39 is 11.2 Å². The van der Waals surface area contributed by atoms with Crippen LogP contribution in [0.1, 0.15) is 26.3 Å². The summed E-state index contributed by atoms with van der Waals surface area (Å²) in [5, 5.41) is 2.59. The quantitative estimate of drug-likeness (QED) is 0.904. The zero-order valence-corrected chi connectivity index (χ0v) is 13.7. The lowest BCUT2D eigenvalue weighted by molar-refractivity contribution is -0.134. The minimum absolute atomic E-state index is 0.0781. The summed E-state index contributed by atoms with van der Waals surface area (Å²) in [6.07, 6.45) is 0. The fourth-order valence-electron chi connectivity index (χ4n) is 1.73. The molecule has 122 valence electrons. The maximum Gasteiger partial charge on any atom is 0.242 e. The van der Waals surface area contributed by atoms with Crippen LogP contribution >= 0.6 is 0 Å². The molecule has 0 aliphatic heterocycles. The number of hydrogen-bond donors (Lipinski definition) is 1. The Kier molecular flexibility index (Phi) is 5.91. The maximum absolute atomic E-state index is 13.6. The summed E-state index contributed by atoms with van der Waals surface area (Å²) < 4.78 is 18.4. The van der Waals surface area contributed by atoms with Crippen LogP contribution in [0.5, 0.6) is 5.75 Å². The van der Waals surface area contributed by atoms with E-state index in [0.29, 0.717) is 5.56 Å². The Morgan fingerprint density at radius 1 is 1.32 bits per heavy atom. The van der Waals surface area contributed by atoms with Crippen LogP contribution < -0.4 is 10.1 Å². The molecule has 0 saturated heterocycles. The van der Waals surface area contributed by atoms with Crippen LogP contribution in [-0.4, -0.2) is 37.4 Å². The number of likely N-dealkylation sites (N-methyl/N-ethyl adjacent to an activating group) is 1. The number of amides is 2. The number of carbonyl (C=O) groups is 2. The van der Waals surface area contributed by atoms with E-state index in [1.165, 1.54) is 24.1 Å². The summed E-state index contributed by atoms with van der Waals surface area (Å²) in [5.41, 5.74) is 0.106. The van der Waals surface area contributed by atoms with Crippen LogP contribution in [0.15, 0.2) is 18.2 Å². The first-order chi connectivity index (χ1) is 10.1. The van der Waals surface area contributed by atoms with Gasteiger partial charge in [-0.15, -0.1) is 0 Å². The first-order valence-electron chi connectivity index (χ1n) is 7.00. The Morgan fingerprint density at radius 2 is 1.95 bits per heavy atom. The van der Waals surface area contributed by atoms with E-state index in [1.54, 1.807) is 33.9 Å². The highest BCUT2D eigenvalue weighted by Gasteiger charge is 2.22. The summed E-state index contributed by atoms with van der Waals surface area (Å²) in [6.45, 7) is 5.50. The van der Waals surface area contributed by atoms with Gasteiger partial charge in [0.2, 0.25) is 11.8 Å². The Hall–Kier alpha value is -2.11. The van der Waals surface area contributed by atoms with E-state index in [-0.39, 0.29) is 30.7 Å². The smallest absolute Gasteiger partial charge is 0.242 e. The third-order valence-electron chi connectivity index (χ3n) is 3.14. The van der Waals surface area contributed by atoms with Gasteiger partial charge in [0.05, 0.1) is 13.7 Å². The van der Waals surface area contributed by atoms with Crippen LogP contribution in [-0.2, 0) is 16.1 Å². The van der Waals surface area contributed by atoms with Crippen LogP contribution in [0.3, 0.4) is 0 Å². The van der Waals surface area contributed by atoms with Gasteiger partial charge >= 0.3 is 0 Å². The van der Waals surface area contributed by atoms with E-state index in [4.69, 9.17) is 4.74 Å². The number of ether oxygens (including phenoxy) is 1. The number of carbonyl (C=O) groups excluding carboxylic acids is 2. The summed E-state index contributed by atoms with van der Waals surface area (Å²) in [7, 11) is 3.00. The van der Waals surface area contributed by atoms with Crippen molar-refractivity contribution >= 4 is 11.8 Å². The monoisotopic (exact) mass is 310 g/mol. The summed E-state index contributed by atoms with van der Waals surface area (Å²) in [4.78, 5) is 25.1. The van der Waals surface area contributed by atoms with Crippen molar-refractivity contribution in [2.45, 2.75) is 27.3 Å². The summed E-state index contributed by atoms with van der Waals surface area (Å²) >= 11 is 0. The van der Waals surface area contributed by atoms with Gasteiger partial charge in [-0.2, -0.15) is 0 Å².